The summed E-state index contributed by atoms with van der Waals surface area (Å²) >= 11 is 0. The number of halogens is 2. The van der Waals surface area contributed by atoms with Crippen LogP contribution in [0.15, 0.2) is 36.8 Å². The van der Waals surface area contributed by atoms with Crippen LogP contribution in [0.5, 0.6) is 0 Å². The molecule has 1 aliphatic heterocycles. The first-order valence-corrected chi connectivity index (χ1v) is 8.85. The lowest BCUT2D eigenvalue weighted by Crippen LogP contribution is -2.30. The van der Waals surface area contributed by atoms with Crippen molar-refractivity contribution >= 4 is 5.69 Å². The largest absolute Gasteiger partial charge is 0.379 e. The average molecular weight is 373 g/mol. The number of aryl methyl sites for hydroxylation is 2. The molecule has 1 N–H and O–H groups in total. The fraction of sp³-hybridized carbons (Fsp3) is 0.368. The third-order valence-electron chi connectivity index (χ3n) is 4.87. The van der Waals surface area contributed by atoms with Crippen LogP contribution in [0, 0.1) is 11.6 Å². The van der Waals surface area contributed by atoms with Gasteiger partial charge in [0.05, 0.1) is 29.9 Å². The average Bonchev–Trinajstić information content (AvgIpc) is 3.22. The Morgan fingerprint density at radius 2 is 2.04 bits per heavy atom. The number of nitrogens with one attached hydrogen (secondary N) is 1. The lowest BCUT2D eigenvalue weighted by atomic mass is 9.99. The molecule has 2 unspecified atom stereocenters. The molecule has 1 aromatic carbocycles. The third kappa shape index (κ3) is 3.57. The number of ether oxygens (including phenoxy) is 1. The molecule has 4 rings (SSSR count). The highest BCUT2D eigenvalue weighted by Gasteiger charge is 2.26. The highest BCUT2D eigenvalue weighted by molar-refractivity contribution is 5.75. The second-order valence-corrected chi connectivity index (χ2v) is 6.83. The fourth-order valence-electron chi connectivity index (χ4n) is 3.53. The van der Waals surface area contributed by atoms with Crippen LogP contribution in [0.4, 0.5) is 14.5 Å². The maximum Gasteiger partial charge on any atom is 0.135 e. The van der Waals surface area contributed by atoms with Crippen molar-refractivity contribution in [3.05, 3.63) is 54.0 Å². The number of benzene rings is 1. The van der Waals surface area contributed by atoms with Gasteiger partial charge in [0.15, 0.2) is 0 Å². The van der Waals surface area contributed by atoms with Crippen molar-refractivity contribution in [2.75, 3.05) is 11.9 Å². The Morgan fingerprint density at radius 1 is 1.19 bits per heavy atom. The van der Waals surface area contributed by atoms with Crippen LogP contribution in [-0.4, -0.2) is 32.2 Å². The maximum absolute atomic E-state index is 14.3. The van der Waals surface area contributed by atoms with Crippen molar-refractivity contribution in [2.24, 2.45) is 14.1 Å². The van der Waals surface area contributed by atoms with Gasteiger partial charge in [0.2, 0.25) is 0 Å². The Hall–Kier alpha value is -2.74. The predicted octanol–water partition coefficient (Wildman–Crippen LogP) is 3.43. The minimum absolute atomic E-state index is 0.0346. The van der Waals surface area contributed by atoms with E-state index in [1.54, 1.807) is 22.6 Å². The quantitative estimate of drug-likeness (QED) is 0.761. The summed E-state index contributed by atoms with van der Waals surface area (Å²) in [7, 11) is 3.62. The molecule has 0 aliphatic carbocycles. The minimum atomic E-state index is -0.609. The van der Waals surface area contributed by atoms with E-state index in [-0.39, 0.29) is 12.1 Å². The van der Waals surface area contributed by atoms with Crippen molar-refractivity contribution in [1.82, 2.24) is 19.6 Å². The summed E-state index contributed by atoms with van der Waals surface area (Å²) in [5, 5.41) is 11.9. The molecule has 1 fully saturated rings. The summed E-state index contributed by atoms with van der Waals surface area (Å²) in [5.41, 5.74) is 2.67. The fourth-order valence-corrected chi connectivity index (χ4v) is 3.53. The second-order valence-electron chi connectivity index (χ2n) is 6.83. The Bertz CT molecular complexity index is 951. The Morgan fingerprint density at radius 3 is 2.78 bits per heavy atom. The van der Waals surface area contributed by atoms with Crippen LogP contribution in [-0.2, 0) is 18.8 Å². The normalized spacial score (nSPS) is 20.0. The second kappa shape index (κ2) is 7.11. The number of aromatic nitrogens is 4. The lowest BCUT2D eigenvalue weighted by molar-refractivity contribution is 0.00976. The number of hydrogen-bond acceptors (Lipinski definition) is 4. The molecule has 0 spiro atoms. The summed E-state index contributed by atoms with van der Waals surface area (Å²) in [5.74, 6) is -1.21. The topological polar surface area (TPSA) is 56.9 Å². The molecule has 1 saturated heterocycles. The van der Waals surface area contributed by atoms with E-state index in [1.165, 1.54) is 12.1 Å². The van der Waals surface area contributed by atoms with Crippen molar-refractivity contribution in [1.29, 1.82) is 0 Å². The van der Waals surface area contributed by atoms with E-state index < -0.39 is 11.6 Å². The lowest BCUT2D eigenvalue weighted by Gasteiger charge is -2.30. The molecular weight excluding hydrogens is 352 g/mol. The molecule has 27 heavy (non-hydrogen) atoms. The van der Waals surface area contributed by atoms with Gasteiger partial charge in [0.1, 0.15) is 11.6 Å². The molecule has 2 aromatic heterocycles. The van der Waals surface area contributed by atoms with E-state index in [0.29, 0.717) is 17.9 Å². The zero-order chi connectivity index (χ0) is 19.0. The summed E-state index contributed by atoms with van der Waals surface area (Å²) in [6.07, 6.45) is 7.01. The summed E-state index contributed by atoms with van der Waals surface area (Å²) in [6, 6.07) is 3.73. The SMILES string of the molecule is Cn1cc(C2CC(Nc3cnn(C)c3-c3ccc(F)cc3F)CCO2)cn1. The van der Waals surface area contributed by atoms with E-state index in [2.05, 4.69) is 15.5 Å². The predicted molar refractivity (Wildman–Crippen MR) is 97.1 cm³/mol. The molecule has 0 amide bonds. The zero-order valence-corrected chi connectivity index (χ0v) is 15.2. The molecule has 8 heteroatoms. The van der Waals surface area contributed by atoms with Gasteiger partial charge in [-0.25, -0.2) is 8.78 Å². The van der Waals surface area contributed by atoms with E-state index in [9.17, 15) is 8.78 Å². The molecule has 0 radical (unpaired) electrons. The van der Waals surface area contributed by atoms with Crippen LogP contribution < -0.4 is 5.32 Å². The minimum Gasteiger partial charge on any atom is -0.379 e. The number of hydrogen-bond donors (Lipinski definition) is 1. The molecule has 142 valence electrons. The monoisotopic (exact) mass is 373 g/mol. The van der Waals surface area contributed by atoms with Gasteiger partial charge in [-0.3, -0.25) is 9.36 Å². The van der Waals surface area contributed by atoms with Gasteiger partial charge in [-0.2, -0.15) is 10.2 Å². The summed E-state index contributed by atoms with van der Waals surface area (Å²) < 4.78 is 36.8. The van der Waals surface area contributed by atoms with E-state index in [1.807, 2.05) is 19.4 Å². The molecule has 6 nitrogen and oxygen atoms in total. The van der Waals surface area contributed by atoms with E-state index >= 15 is 0 Å². The van der Waals surface area contributed by atoms with Gasteiger partial charge >= 0.3 is 0 Å². The molecule has 3 aromatic rings. The van der Waals surface area contributed by atoms with Gasteiger partial charge in [0.25, 0.3) is 0 Å². The van der Waals surface area contributed by atoms with E-state index in [0.717, 1.165) is 30.2 Å². The van der Waals surface area contributed by atoms with Gasteiger partial charge in [-0.05, 0) is 25.0 Å². The van der Waals surface area contributed by atoms with Crippen molar-refractivity contribution in [3.8, 4) is 11.3 Å². The van der Waals surface area contributed by atoms with Gasteiger partial charge in [0, 0.05) is 50.1 Å². The van der Waals surface area contributed by atoms with Crippen LogP contribution in [0.3, 0.4) is 0 Å². The highest BCUT2D eigenvalue weighted by atomic mass is 19.1. The first-order chi connectivity index (χ1) is 13.0. The highest BCUT2D eigenvalue weighted by Crippen LogP contribution is 2.34. The third-order valence-corrected chi connectivity index (χ3v) is 4.87. The van der Waals surface area contributed by atoms with Gasteiger partial charge in [-0.15, -0.1) is 0 Å². The van der Waals surface area contributed by atoms with Gasteiger partial charge in [-0.1, -0.05) is 0 Å². The molecular formula is C19H21F2N5O. The number of rotatable bonds is 4. The van der Waals surface area contributed by atoms with Crippen LogP contribution in [0.25, 0.3) is 11.3 Å². The standard InChI is InChI=1S/C19H21F2N5O/c1-25-11-12(9-22-25)18-8-14(5-6-27-18)24-17-10-23-26(2)19(17)15-4-3-13(20)7-16(15)21/h3-4,7,9-11,14,18,24H,5-6,8H2,1-2H3. The van der Waals surface area contributed by atoms with Gasteiger partial charge < -0.3 is 10.1 Å². The maximum atomic E-state index is 14.3. The Balaban J connectivity index is 1.56. The van der Waals surface area contributed by atoms with Crippen LogP contribution >= 0.6 is 0 Å². The first-order valence-electron chi connectivity index (χ1n) is 8.85. The molecule has 0 saturated carbocycles. The van der Waals surface area contributed by atoms with Crippen LogP contribution in [0.1, 0.15) is 24.5 Å². The van der Waals surface area contributed by atoms with Crippen molar-refractivity contribution in [2.45, 2.75) is 25.0 Å². The van der Waals surface area contributed by atoms with Crippen LogP contribution in [0.2, 0.25) is 0 Å². The molecule has 2 atom stereocenters. The number of nitrogens with zero attached hydrogens (tertiary/aromatic N) is 4. The summed E-state index contributed by atoms with van der Waals surface area (Å²) in [6.45, 7) is 0.623. The first kappa shape index (κ1) is 17.7. The molecule has 0 bridgehead atoms. The van der Waals surface area contributed by atoms with E-state index in [4.69, 9.17) is 4.74 Å². The smallest absolute Gasteiger partial charge is 0.135 e. The zero-order valence-electron chi connectivity index (χ0n) is 15.2. The number of anilines is 1. The summed E-state index contributed by atoms with van der Waals surface area (Å²) in [4.78, 5) is 0. The van der Waals surface area contributed by atoms with Crippen molar-refractivity contribution in [3.63, 3.8) is 0 Å². The molecule has 3 heterocycles. The Kier molecular flexibility index (Phi) is 4.65. The Labute approximate surface area is 155 Å². The molecule has 1 aliphatic rings. The van der Waals surface area contributed by atoms with Crippen molar-refractivity contribution < 1.29 is 13.5 Å².